The van der Waals surface area contributed by atoms with Crippen LogP contribution >= 0.6 is 0 Å². The Morgan fingerprint density at radius 1 is 0.862 bits per heavy atom. The highest BCUT2D eigenvalue weighted by Crippen LogP contribution is 2.25. The van der Waals surface area contributed by atoms with Crippen molar-refractivity contribution in [3.63, 3.8) is 0 Å². The normalized spacial score (nSPS) is 15.6. The Morgan fingerprint density at radius 2 is 1.52 bits per heavy atom. The maximum atomic E-state index is 12.0. The number of hydrogen-bond acceptors (Lipinski definition) is 5. The first kappa shape index (κ1) is 18.7. The minimum absolute atomic E-state index is 0.130. The van der Waals surface area contributed by atoms with Gasteiger partial charge in [0.15, 0.2) is 0 Å². The van der Waals surface area contributed by atoms with E-state index < -0.39 is 17.7 Å². The van der Waals surface area contributed by atoms with Crippen molar-refractivity contribution in [2.24, 2.45) is 0 Å². The van der Waals surface area contributed by atoms with E-state index in [0.29, 0.717) is 17.9 Å². The van der Waals surface area contributed by atoms with E-state index in [1.165, 1.54) is 30.7 Å². The number of carbonyl (C=O) groups excluding carboxylic acids is 2. The summed E-state index contributed by atoms with van der Waals surface area (Å²) >= 11 is 0. The molecule has 29 heavy (non-hydrogen) atoms. The van der Waals surface area contributed by atoms with Crippen LogP contribution in [0.3, 0.4) is 0 Å². The summed E-state index contributed by atoms with van der Waals surface area (Å²) in [5, 5.41) is 2.36. The van der Waals surface area contributed by atoms with E-state index in [1.54, 1.807) is 24.3 Å². The topological polar surface area (TPSA) is 61.8 Å². The van der Waals surface area contributed by atoms with Crippen LogP contribution in [0.5, 0.6) is 5.75 Å². The van der Waals surface area contributed by atoms with Gasteiger partial charge in [0.25, 0.3) is 5.79 Å². The van der Waals surface area contributed by atoms with Crippen LogP contribution in [-0.2, 0) is 25.7 Å². The van der Waals surface area contributed by atoms with Crippen LogP contribution in [0.1, 0.15) is 25.0 Å². The van der Waals surface area contributed by atoms with Gasteiger partial charge in [-0.3, -0.25) is 0 Å². The number of carbonyl (C=O) groups is 2. The molecule has 0 spiro atoms. The van der Waals surface area contributed by atoms with Gasteiger partial charge in [-0.05, 0) is 46.2 Å². The average Bonchev–Trinajstić information content (AvgIpc) is 2.69. The molecule has 3 aromatic rings. The standard InChI is InChI=1S/C24H20O5/c1-24(2)28-22(25)21(23(26)29-24)14-16-8-11-20(12-9-16)27-15-17-7-10-18-5-3-4-6-19(18)13-17/h3-14H,15H2,1-2H3. The highest BCUT2D eigenvalue weighted by molar-refractivity contribution is 6.18. The molecule has 1 aliphatic rings. The smallest absolute Gasteiger partial charge is 0.348 e. The fourth-order valence-electron chi connectivity index (χ4n) is 3.10. The van der Waals surface area contributed by atoms with E-state index in [9.17, 15) is 9.59 Å². The van der Waals surface area contributed by atoms with E-state index in [4.69, 9.17) is 14.2 Å². The Bertz CT molecular complexity index is 1090. The van der Waals surface area contributed by atoms with E-state index in [-0.39, 0.29) is 5.57 Å². The third kappa shape index (κ3) is 4.29. The van der Waals surface area contributed by atoms with E-state index in [1.807, 2.05) is 18.2 Å². The molecular formula is C24H20O5. The molecule has 0 unspecified atom stereocenters. The van der Waals surface area contributed by atoms with Crippen molar-refractivity contribution in [2.45, 2.75) is 26.2 Å². The molecule has 0 bridgehead atoms. The first-order valence-electron chi connectivity index (χ1n) is 9.29. The summed E-state index contributed by atoms with van der Waals surface area (Å²) < 4.78 is 16.0. The molecule has 146 valence electrons. The van der Waals surface area contributed by atoms with Gasteiger partial charge >= 0.3 is 11.9 Å². The molecule has 0 amide bonds. The fraction of sp³-hybridized carbons (Fsp3) is 0.167. The quantitative estimate of drug-likeness (QED) is 0.370. The van der Waals surface area contributed by atoms with Crippen LogP contribution in [0.4, 0.5) is 0 Å². The zero-order chi connectivity index (χ0) is 20.4. The van der Waals surface area contributed by atoms with Crippen LogP contribution in [0.15, 0.2) is 72.3 Å². The maximum absolute atomic E-state index is 12.0. The number of fused-ring (bicyclic) bond motifs is 1. The maximum Gasteiger partial charge on any atom is 0.348 e. The van der Waals surface area contributed by atoms with Crippen LogP contribution in [0.25, 0.3) is 16.8 Å². The summed E-state index contributed by atoms with van der Waals surface area (Å²) in [6, 6.07) is 21.5. The van der Waals surface area contributed by atoms with Crippen LogP contribution in [0, 0.1) is 0 Å². The van der Waals surface area contributed by atoms with Crippen molar-refractivity contribution in [3.8, 4) is 5.75 Å². The van der Waals surface area contributed by atoms with Crippen molar-refractivity contribution in [3.05, 3.63) is 83.4 Å². The van der Waals surface area contributed by atoms with Crippen molar-refractivity contribution >= 4 is 28.8 Å². The second-order valence-electron chi connectivity index (χ2n) is 7.28. The molecule has 1 saturated heterocycles. The van der Waals surface area contributed by atoms with Crippen LogP contribution in [-0.4, -0.2) is 17.7 Å². The Morgan fingerprint density at radius 3 is 2.21 bits per heavy atom. The number of benzene rings is 3. The first-order valence-corrected chi connectivity index (χ1v) is 9.29. The van der Waals surface area contributed by atoms with Crippen molar-refractivity contribution < 1.29 is 23.8 Å². The third-order valence-corrected chi connectivity index (χ3v) is 4.53. The van der Waals surface area contributed by atoms with Gasteiger partial charge in [0.2, 0.25) is 0 Å². The fourth-order valence-corrected chi connectivity index (χ4v) is 3.10. The molecule has 5 heteroatoms. The Labute approximate surface area is 168 Å². The number of cyclic esters (lactones) is 2. The molecule has 0 aromatic heterocycles. The first-order chi connectivity index (χ1) is 13.9. The summed E-state index contributed by atoms with van der Waals surface area (Å²) in [5.74, 6) is -1.94. The van der Waals surface area contributed by atoms with Crippen molar-refractivity contribution in [2.75, 3.05) is 0 Å². The molecule has 1 aliphatic heterocycles. The summed E-state index contributed by atoms with van der Waals surface area (Å²) in [7, 11) is 0. The second-order valence-corrected chi connectivity index (χ2v) is 7.28. The van der Waals surface area contributed by atoms with Crippen molar-refractivity contribution in [1.29, 1.82) is 0 Å². The molecule has 3 aromatic carbocycles. The average molecular weight is 388 g/mol. The second kappa shape index (κ2) is 7.43. The summed E-state index contributed by atoms with van der Waals surface area (Å²) in [4.78, 5) is 24.1. The lowest BCUT2D eigenvalue weighted by atomic mass is 10.1. The lowest BCUT2D eigenvalue weighted by Gasteiger charge is -2.29. The molecule has 0 N–H and O–H groups in total. The SMILES string of the molecule is CC1(C)OC(=O)C(=Cc2ccc(OCc3ccc4ccccc4c3)cc2)C(=O)O1. The number of rotatable bonds is 4. The van der Waals surface area contributed by atoms with Gasteiger partial charge in [-0.15, -0.1) is 0 Å². The van der Waals surface area contributed by atoms with Gasteiger partial charge in [0.05, 0.1) is 0 Å². The summed E-state index contributed by atoms with van der Waals surface area (Å²) in [5.41, 5.74) is 1.62. The zero-order valence-electron chi connectivity index (χ0n) is 16.2. The Balaban J connectivity index is 1.43. The van der Waals surface area contributed by atoms with Gasteiger partial charge in [-0.2, -0.15) is 0 Å². The Kier molecular flexibility index (Phi) is 4.80. The number of esters is 2. The lowest BCUT2D eigenvalue weighted by molar-refractivity contribution is -0.222. The van der Waals surface area contributed by atoms with Crippen molar-refractivity contribution in [1.82, 2.24) is 0 Å². The van der Waals surface area contributed by atoms with Gasteiger partial charge < -0.3 is 14.2 Å². The Hall–Kier alpha value is -3.60. The zero-order valence-corrected chi connectivity index (χ0v) is 16.2. The summed E-state index contributed by atoms with van der Waals surface area (Å²) in [6.45, 7) is 3.47. The molecule has 1 heterocycles. The highest BCUT2D eigenvalue weighted by atomic mass is 16.7. The molecule has 0 radical (unpaired) electrons. The lowest BCUT2D eigenvalue weighted by Crippen LogP contribution is -2.41. The third-order valence-electron chi connectivity index (χ3n) is 4.53. The minimum atomic E-state index is -1.24. The molecule has 0 atom stereocenters. The molecule has 0 aliphatic carbocycles. The predicted octanol–water partition coefficient (Wildman–Crippen LogP) is 4.64. The van der Waals surface area contributed by atoms with Crippen LogP contribution in [0.2, 0.25) is 0 Å². The number of ether oxygens (including phenoxy) is 3. The molecule has 4 rings (SSSR count). The van der Waals surface area contributed by atoms with Crippen LogP contribution < -0.4 is 4.74 Å². The van der Waals surface area contributed by atoms with Gasteiger partial charge in [0.1, 0.15) is 17.9 Å². The van der Waals surface area contributed by atoms with Gasteiger partial charge in [-0.1, -0.05) is 48.5 Å². The molecule has 1 fully saturated rings. The van der Waals surface area contributed by atoms with E-state index in [2.05, 4.69) is 24.3 Å². The monoisotopic (exact) mass is 388 g/mol. The van der Waals surface area contributed by atoms with E-state index >= 15 is 0 Å². The highest BCUT2D eigenvalue weighted by Gasteiger charge is 2.38. The molecule has 5 nitrogen and oxygen atoms in total. The minimum Gasteiger partial charge on any atom is -0.489 e. The van der Waals surface area contributed by atoms with E-state index in [0.717, 1.165) is 5.56 Å². The molecule has 0 saturated carbocycles. The molecular weight excluding hydrogens is 368 g/mol. The number of hydrogen-bond donors (Lipinski definition) is 0. The van der Waals surface area contributed by atoms with Gasteiger partial charge in [-0.25, -0.2) is 9.59 Å². The van der Waals surface area contributed by atoms with Gasteiger partial charge in [0, 0.05) is 13.8 Å². The largest absolute Gasteiger partial charge is 0.489 e. The predicted molar refractivity (Wildman–Crippen MR) is 109 cm³/mol. The summed E-state index contributed by atoms with van der Waals surface area (Å²) in [6.07, 6.45) is 1.45.